The van der Waals surface area contributed by atoms with Crippen LogP contribution in [0.25, 0.3) is 0 Å². The summed E-state index contributed by atoms with van der Waals surface area (Å²) in [5.74, 6) is -0.345. The van der Waals surface area contributed by atoms with Crippen molar-refractivity contribution in [1.29, 1.82) is 0 Å². The zero-order valence-corrected chi connectivity index (χ0v) is 27.2. The average Bonchev–Trinajstić information content (AvgIpc) is 3.03. The molecule has 0 aliphatic heterocycles. The van der Waals surface area contributed by atoms with Gasteiger partial charge in [-0.25, -0.2) is 8.42 Å². The third kappa shape index (κ3) is 8.65. The number of sulfonamides is 1. The summed E-state index contributed by atoms with van der Waals surface area (Å²) in [5, 5.41) is 3.29. The highest BCUT2D eigenvalue weighted by atomic mass is 35.5. The summed E-state index contributed by atoms with van der Waals surface area (Å²) in [6.07, 6.45) is 0.219. The van der Waals surface area contributed by atoms with E-state index in [9.17, 15) is 18.0 Å². The molecule has 4 rings (SSSR count). The molecule has 8 nitrogen and oxygen atoms in total. The van der Waals surface area contributed by atoms with Crippen molar-refractivity contribution >= 4 is 39.1 Å². The number of benzene rings is 4. The first-order valence-corrected chi connectivity index (χ1v) is 16.6. The number of halogens is 1. The Morgan fingerprint density at radius 1 is 0.867 bits per heavy atom. The normalized spacial score (nSPS) is 11.8. The molecule has 0 saturated heterocycles. The second-order valence-corrected chi connectivity index (χ2v) is 12.7. The summed E-state index contributed by atoms with van der Waals surface area (Å²) in [6.45, 7) is 5.77. The van der Waals surface area contributed by atoms with Crippen LogP contribution in [0.1, 0.15) is 30.5 Å². The fourth-order valence-electron chi connectivity index (χ4n) is 4.90. The van der Waals surface area contributed by atoms with Gasteiger partial charge in [-0.1, -0.05) is 77.8 Å². The molecule has 0 aromatic heterocycles. The van der Waals surface area contributed by atoms with Crippen LogP contribution in [0.2, 0.25) is 5.02 Å². The van der Waals surface area contributed by atoms with Crippen molar-refractivity contribution < 1.29 is 22.7 Å². The number of hydrogen-bond donors (Lipinski definition) is 1. The van der Waals surface area contributed by atoms with Gasteiger partial charge >= 0.3 is 0 Å². The largest absolute Gasteiger partial charge is 0.494 e. The molecule has 0 radical (unpaired) electrons. The van der Waals surface area contributed by atoms with Crippen LogP contribution in [0, 0.1) is 6.92 Å². The third-order valence-corrected chi connectivity index (χ3v) is 9.40. The number of aryl methyl sites for hydroxylation is 1. The molecule has 1 atom stereocenters. The second kappa shape index (κ2) is 15.6. The van der Waals surface area contributed by atoms with Crippen molar-refractivity contribution in [3.8, 4) is 5.75 Å². The molecule has 45 heavy (non-hydrogen) atoms. The van der Waals surface area contributed by atoms with E-state index in [0.29, 0.717) is 29.5 Å². The maximum absolute atomic E-state index is 14.5. The van der Waals surface area contributed by atoms with Gasteiger partial charge in [0.05, 0.1) is 17.2 Å². The first-order valence-electron chi connectivity index (χ1n) is 14.8. The van der Waals surface area contributed by atoms with E-state index in [1.54, 1.807) is 67.6 Å². The maximum Gasteiger partial charge on any atom is 0.264 e. The van der Waals surface area contributed by atoms with Gasteiger partial charge in [-0.3, -0.25) is 13.9 Å². The summed E-state index contributed by atoms with van der Waals surface area (Å²) >= 11 is 6.53. The number of ether oxygens (including phenoxy) is 1. The number of amides is 2. The molecule has 4 aromatic carbocycles. The first kappa shape index (κ1) is 33.6. The number of rotatable bonds is 14. The molecule has 0 saturated carbocycles. The molecule has 10 heteroatoms. The first-order chi connectivity index (χ1) is 21.6. The summed E-state index contributed by atoms with van der Waals surface area (Å²) in [4.78, 5) is 29.5. The SMILES string of the molecule is CCNC(=O)[C@@H](Cc1ccccc1)N(Cc1ccccc1Cl)C(=O)CN(c1ccc(OCC)cc1)S(=O)(=O)c1ccc(C)cc1. The molecule has 0 heterocycles. The number of likely N-dealkylation sites (N-methyl/N-ethyl adjacent to an activating group) is 1. The third-order valence-electron chi connectivity index (χ3n) is 7.24. The standard InChI is InChI=1S/C35H38ClN3O5S/c1-4-37-35(41)33(23-27-11-7-6-8-12-27)38(24-28-13-9-10-14-32(28)36)34(40)25-39(29-17-19-30(20-18-29)44-5-2)45(42,43)31-21-15-26(3)16-22-31/h6-22,33H,4-5,23-25H2,1-3H3,(H,37,41)/t33-/m1/s1. The van der Waals surface area contributed by atoms with E-state index in [1.165, 1.54) is 17.0 Å². The molecule has 0 bridgehead atoms. The van der Waals surface area contributed by atoms with Gasteiger partial charge < -0.3 is 15.0 Å². The van der Waals surface area contributed by atoms with E-state index in [2.05, 4.69) is 5.32 Å². The molecule has 1 N–H and O–H groups in total. The van der Waals surface area contributed by atoms with Crippen molar-refractivity contribution in [2.45, 2.75) is 44.7 Å². The zero-order valence-electron chi connectivity index (χ0n) is 25.6. The fraction of sp³-hybridized carbons (Fsp3) is 0.257. The highest BCUT2D eigenvalue weighted by molar-refractivity contribution is 7.92. The van der Waals surface area contributed by atoms with Gasteiger partial charge in [-0.15, -0.1) is 0 Å². The Labute approximate surface area is 270 Å². The lowest BCUT2D eigenvalue weighted by Gasteiger charge is -2.34. The molecule has 236 valence electrons. The van der Waals surface area contributed by atoms with Gasteiger partial charge in [0, 0.05) is 24.5 Å². The monoisotopic (exact) mass is 647 g/mol. The predicted molar refractivity (Wildman–Crippen MR) is 178 cm³/mol. The van der Waals surface area contributed by atoms with Gasteiger partial charge in [0.25, 0.3) is 10.0 Å². The van der Waals surface area contributed by atoms with Gasteiger partial charge in [0.15, 0.2) is 0 Å². The van der Waals surface area contributed by atoms with Gasteiger partial charge in [0.1, 0.15) is 18.3 Å². The van der Waals surface area contributed by atoms with Crippen LogP contribution in [-0.2, 0) is 32.6 Å². The summed E-state index contributed by atoms with van der Waals surface area (Å²) in [7, 11) is -4.20. The lowest BCUT2D eigenvalue weighted by atomic mass is 10.0. The van der Waals surface area contributed by atoms with Crippen molar-refractivity contribution in [1.82, 2.24) is 10.2 Å². The predicted octanol–water partition coefficient (Wildman–Crippen LogP) is 6.02. The van der Waals surface area contributed by atoms with E-state index >= 15 is 0 Å². The van der Waals surface area contributed by atoms with Crippen molar-refractivity contribution in [3.05, 3.63) is 125 Å². The van der Waals surface area contributed by atoms with Crippen LogP contribution in [0.3, 0.4) is 0 Å². The summed E-state index contributed by atoms with van der Waals surface area (Å²) in [5.41, 5.74) is 2.65. The zero-order chi connectivity index (χ0) is 32.4. The molecule has 0 aliphatic carbocycles. The Morgan fingerprint density at radius 2 is 1.51 bits per heavy atom. The van der Waals surface area contributed by atoms with E-state index in [0.717, 1.165) is 15.4 Å². The van der Waals surface area contributed by atoms with Crippen LogP contribution >= 0.6 is 11.6 Å². The number of carbonyl (C=O) groups is 2. The van der Waals surface area contributed by atoms with E-state index < -0.39 is 28.5 Å². The molecule has 0 fully saturated rings. The highest BCUT2D eigenvalue weighted by Gasteiger charge is 2.34. The lowest BCUT2D eigenvalue weighted by Crippen LogP contribution is -2.53. The number of hydrogen-bond acceptors (Lipinski definition) is 5. The van der Waals surface area contributed by atoms with Gasteiger partial charge in [-0.05, 0) is 74.4 Å². The minimum absolute atomic E-state index is 0.00512. The Bertz CT molecular complexity index is 1680. The summed E-state index contributed by atoms with van der Waals surface area (Å²) < 4.78 is 34.9. The Balaban J connectivity index is 1.80. The van der Waals surface area contributed by atoms with Crippen LogP contribution in [0.15, 0.2) is 108 Å². The van der Waals surface area contributed by atoms with Crippen LogP contribution in [-0.4, -0.2) is 50.9 Å². The van der Waals surface area contributed by atoms with Crippen LogP contribution in [0.4, 0.5) is 5.69 Å². The van der Waals surface area contributed by atoms with Crippen LogP contribution < -0.4 is 14.4 Å². The summed E-state index contributed by atoms with van der Waals surface area (Å²) in [6, 6.07) is 28.5. The quantitative estimate of drug-likeness (QED) is 0.181. The molecule has 2 amide bonds. The maximum atomic E-state index is 14.5. The Kier molecular flexibility index (Phi) is 11.6. The highest BCUT2D eigenvalue weighted by Crippen LogP contribution is 2.28. The van der Waals surface area contributed by atoms with Gasteiger partial charge in [0.2, 0.25) is 11.8 Å². The minimum Gasteiger partial charge on any atom is -0.494 e. The van der Waals surface area contributed by atoms with Crippen molar-refractivity contribution in [3.63, 3.8) is 0 Å². The van der Waals surface area contributed by atoms with Crippen molar-refractivity contribution in [2.75, 3.05) is 24.0 Å². The second-order valence-electron chi connectivity index (χ2n) is 10.5. The van der Waals surface area contributed by atoms with E-state index in [4.69, 9.17) is 16.3 Å². The minimum atomic E-state index is -4.20. The Hall–Kier alpha value is -4.34. The molecule has 4 aromatic rings. The molecular formula is C35H38ClN3O5S. The molecule has 0 aliphatic rings. The van der Waals surface area contributed by atoms with E-state index in [-0.39, 0.29) is 29.5 Å². The van der Waals surface area contributed by atoms with E-state index in [1.807, 2.05) is 44.2 Å². The average molecular weight is 648 g/mol. The van der Waals surface area contributed by atoms with Gasteiger partial charge in [-0.2, -0.15) is 0 Å². The van der Waals surface area contributed by atoms with Crippen molar-refractivity contribution in [2.24, 2.45) is 0 Å². The molecular weight excluding hydrogens is 610 g/mol. The fourth-order valence-corrected chi connectivity index (χ4v) is 6.51. The number of nitrogens with one attached hydrogen (secondary N) is 1. The van der Waals surface area contributed by atoms with Crippen LogP contribution in [0.5, 0.6) is 5.75 Å². The topological polar surface area (TPSA) is 96.0 Å². The number of carbonyl (C=O) groups excluding carboxylic acids is 2. The smallest absolute Gasteiger partial charge is 0.264 e. The molecule has 0 unspecified atom stereocenters. The number of anilines is 1. The molecule has 0 spiro atoms. The number of nitrogens with zero attached hydrogens (tertiary/aromatic N) is 2. The Morgan fingerprint density at radius 3 is 2.13 bits per heavy atom. The lowest BCUT2D eigenvalue weighted by molar-refractivity contribution is -0.140.